The van der Waals surface area contributed by atoms with Crippen molar-refractivity contribution in [3.05, 3.63) is 29.8 Å². The summed E-state index contributed by atoms with van der Waals surface area (Å²) >= 11 is 0. The lowest BCUT2D eigenvalue weighted by Crippen LogP contribution is -2.25. The number of hydrogen-bond acceptors (Lipinski definition) is 6. The molecule has 1 N–H and O–H groups in total. The Morgan fingerprint density at radius 3 is 2.87 bits per heavy atom. The Morgan fingerprint density at radius 1 is 1.17 bits per heavy atom. The van der Waals surface area contributed by atoms with Gasteiger partial charge in [-0.25, -0.2) is 13.1 Å². The fourth-order valence-corrected chi connectivity index (χ4v) is 3.77. The lowest BCUT2D eigenvalue weighted by Gasteiger charge is -2.18. The van der Waals surface area contributed by atoms with Crippen molar-refractivity contribution in [3.63, 3.8) is 0 Å². The summed E-state index contributed by atoms with van der Waals surface area (Å²) in [6.07, 6.45) is 1.91. The van der Waals surface area contributed by atoms with Crippen LogP contribution < -0.4 is 14.2 Å². The molecule has 2 aromatic rings. The molecule has 0 saturated heterocycles. The first kappa shape index (κ1) is 14.5. The van der Waals surface area contributed by atoms with Gasteiger partial charge < -0.3 is 14.0 Å². The van der Waals surface area contributed by atoms with E-state index in [0.717, 1.165) is 25.2 Å². The predicted molar refractivity (Wildman–Crippen MR) is 79.8 cm³/mol. The van der Waals surface area contributed by atoms with Gasteiger partial charge >= 0.3 is 0 Å². The van der Waals surface area contributed by atoms with Gasteiger partial charge in [-0.15, -0.1) is 10.2 Å². The molecule has 4 rings (SSSR count). The van der Waals surface area contributed by atoms with Crippen LogP contribution in [0.5, 0.6) is 11.5 Å². The van der Waals surface area contributed by atoms with Crippen LogP contribution in [0.1, 0.15) is 18.1 Å². The summed E-state index contributed by atoms with van der Waals surface area (Å²) in [6.45, 7) is 1.83. The topological polar surface area (TPSA) is 95.3 Å². The van der Waals surface area contributed by atoms with Crippen molar-refractivity contribution >= 4 is 10.0 Å². The zero-order valence-electron chi connectivity index (χ0n) is 12.4. The molecular formula is C14H16N4O4S. The maximum absolute atomic E-state index is 12.4. The summed E-state index contributed by atoms with van der Waals surface area (Å²) in [6, 6.07) is 4.59. The van der Waals surface area contributed by atoms with E-state index >= 15 is 0 Å². The van der Waals surface area contributed by atoms with Gasteiger partial charge in [0.05, 0.1) is 11.4 Å². The molecule has 0 saturated carbocycles. The molecule has 9 heteroatoms. The van der Waals surface area contributed by atoms with Crippen LogP contribution in [0.15, 0.2) is 23.1 Å². The largest absolute Gasteiger partial charge is 0.486 e. The van der Waals surface area contributed by atoms with Gasteiger partial charge in [-0.05, 0) is 18.6 Å². The van der Waals surface area contributed by atoms with Crippen molar-refractivity contribution in [2.75, 3.05) is 13.2 Å². The molecule has 0 bridgehead atoms. The van der Waals surface area contributed by atoms with E-state index in [9.17, 15) is 8.42 Å². The van der Waals surface area contributed by atoms with E-state index in [1.807, 2.05) is 4.57 Å². The molecule has 0 radical (unpaired) electrons. The number of sulfonamides is 1. The molecule has 0 atom stereocenters. The van der Waals surface area contributed by atoms with Crippen LogP contribution in [0.3, 0.4) is 0 Å². The summed E-state index contributed by atoms with van der Waals surface area (Å²) in [7, 11) is -3.65. The lowest BCUT2D eigenvalue weighted by atomic mass is 10.3. The highest BCUT2D eigenvalue weighted by Crippen LogP contribution is 2.32. The summed E-state index contributed by atoms with van der Waals surface area (Å²) in [5.41, 5.74) is 0. The number of aromatic nitrogens is 3. The smallest absolute Gasteiger partial charge is 0.241 e. The van der Waals surface area contributed by atoms with Crippen LogP contribution >= 0.6 is 0 Å². The van der Waals surface area contributed by atoms with Gasteiger partial charge in [0.25, 0.3) is 0 Å². The number of benzene rings is 1. The highest BCUT2D eigenvalue weighted by atomic mass is 32.2. The quantitative estimate of drug-likeness (QED) is 0.872. The number of fused-ring (bicyclic) bond motifs is 2. The Morgan fingerprint density at radius 2 is 2.00 bits per heavy atom. The molecule has 1 aromatic heterocycles. The van der Waals surface area contributed by atoms with Gasteiger partial charge in [0.1, 0.15) is 24.9 Å². The zero-order valence-corrected chi connectivity index (χ0v) is 13.2. The first-order valence-corrected chi connectivity index (χ1v) is 8.92. The molecule has 0 unspecified atom stereocenters. The van der Waals surface area contributed by atoms with E-state index in [1.54, 1.807) is 6.07 Å². The Kier molecular flexibility index (Phi) is 3.46. The van der Waals surface area contributed by atoms with Crippen LogP contribution in [-0.2, 0) is 29.5 Å². The van der Waals surface area contributed by atoms with Gasteiger partial charge in [0.2, 0.25) is 10.0 Å². The van der Waals surface area contributed by atoms with E-state index in [2.05, 4.69) is 14.9 Å². The molecule has 122 valence electrons. The maximum atomic E-state index is 12.4. The van der Waals surface area contributed by atoms with E-state index in [0.29, 0.717) is 30.5 Å². The second-order valence-electron chi connectivity index (χ2n) is 5.42. The molecule has 1 aromatic carbocycles. The average Bonchev–Trinajstić information content (AvgIpc) is 3.16. The first-order valence-electron chi connectivity index (χ1n) is 7.44. The number of nitrogens with zero attached hydrogens (tertiary/aromatic N) is 3. The molecule has 23 heavy (non-hydrogen) atoms. The minimum absolute atomic E-state index is 0.115. The van der Waals surface area contributed by atoms with E-state index in [-0.39, 0.29) is 11.4 Å². The Bertz CT molecular complexity index is 846. The third-order valence-electron chi connectivity index (χ3n) is 3.93. The fraction of sp³-hybridized carbons (Fsp3) is 0.429. The zero-order chi connectivity index (χ0) is 15.9. The molecular weight excluding hydrogens is 320 g/mol. The number of ether oxygens (including phenoxy) is 2. The van der Waals surface area contributed by atoms with Crippen molar-refractivity contribution in [1.29, 1.82) is 0 Å². The predicted octanol–water partition coefficient (Wildman–Crippen LogP) is 0.474. The molecule has 0 fully saturated rings. The highest BCUT2D eigenvalue weighted by Gasteiger charge is 2.22. The second kappa shape index (κ2) is 5.50. The van der Waals surface area contributed by atoms with Crippen molar-refractivity contribution in [2.24, 2.45) is 0 Å². The highest BCUT2D eigenvalue weighted by molar-refractivity contribution is 7.89. The van der Waals surface area contributed by atoms with Gasteiger partial charge in [-0.2, -0.15) is 0 Å². The van der Waals surface area contributed by atoms with Gasteiger partial charge in [-0.1, -0.05) is 0 Å². The van der Waals surface area contributed by atoms with Crippen LogP contribution in [0.2, 0.25) is 0 Å². The molecule has 2 aliphatic rings. The Balaban J connectivity index is 1.53. The molecule has 0 aliphatic carbocycles. The van der Waals surface area contributed by atoms with Gasteiger partial charge in [0.15, 0.2) is 11.5 Å². The minimum Gasteiger partial charge on any atom is -0.486 e. The maximum Gasteiger partial charge on any atom is 0.241 e. The molecule has 2 aliphatic heterocycles. The summed E-state index contributed by atoms with van der Waals surface area (Å²) in [5, 5.41) is 8.12. The van der Waals surface area contributed by atoms with Crippen molar-refractivity contribution in [2.45, 2.75) is 30.8 Å². The van der Waals surface area contributed by atoms with E-state index in [1.165, 1.54) is 12.1 Å². The van der Waals surface area contributed by atoms with Gasteiger partial charge in [-0.3, -0.25) is 0 Å². The van der Waals surface area contributed by atoms with E-state index < -0.39 is 10.0 Å². The second-order valence-corrected chi connectivity index (χ2v) is 7.18. The molecule has 3 heterocycles. The van der Waals surface area contributed by atoms with Crippen molar-refractivity contribution in [3.8, 4) is 11.5 Å². The minimum atomic E-state index is -3.65. The molecule has 0 spiro atoms. The van der Waals surface area contributed by atoms with Crippen LogP contribution in [0.4, 0.5) is 0 Å². The summed E-state index contributed by atoms with van der Waals surface area (Å²) < 4.78 is 40.3. The fourth-order valence-electron chi connectivity index (χ4n) is 2.78. The van der Waals surface area contributed by atoms with E-state index in [4.69, 9.17) is 9.47 Å². The average molecular weight is 336 g/mol. The molecule has 8 nitrogen and oxygen atoms in total. The Hall–Kier alpha value is -2.13. The monoisotopic (exact) mass is 336 g/mol. The third-order valence-corrected chi connectivity index (χ3v) is 5.33. The van der Waals surface area contributed by atoms with Crippen LogP contribution in [0.25, 0.3) is 0 Å². The standard InChI is InChI=1S/C14H16N4O4S/c19-23(20,10-3-4-11-12(8-10)22-7-6-21-11)15-9-14-17-16-13-2-1-5-18(13)14/h3-4,8,15H,1-2,5-7,9H2. The molecule has 0 amide bonds. The lowest BCUT2D eigenvalue weighted by molar-refractivity contribution is 0.171. The number of aryl methyl sites for hydroxylation is 1. The van der Waals surface area contributed by atoms with Crippen molar-refractivity contribution < 1.29 is 17.9 Å². The first-order chi connectivity index (χ1) is 11.1. The van der Waals surface area contributed by atoms with Crippen LogP contribution in [-0.4, -0.2) is 36.4 Å². The van der Waals surface area contributed by atoms with Crippen LogP contribution in [0, 0.1) is 0 Å². The number of hydrogen-bond donors (Lipinski definition) is 1. The third kappa shape index (κ3) is 2.66. The van der Waals surface area contributed by atoms with Gasteiger partial charge in [0, 0.05) is 19.0 Å². The number of nitrogens with one attached hydrogen (secondary N) is 1. The normalized spacial score (nSPS) is 16.3. The summed E-state index contributed by atoms with van der Waals surface area (Å²) in [4.78, 5) is 0.142. The SMILES string of the molecule is O=S(=O)(NCc1nnc2n1CCC2)c1ccc2c(c1)OCCO2. The van der Waals surface area contributed by atoms with Crippen molar-refractivity contribution in [1.82, 2.24) is 19.5 Å². The number of rotatable bonds is 4. The Labute approximate surface area is 133 Å². The summed E-state index contributed by atoms with van der Waals surface area (Å²) in [5.74, 6) is 2.56.